The highest BCUT2D eigenvalue weighted by Gasteiger charge is 2.21. The first-order valence-electron chi connectivity index (χ1n) is 11.7. The molecular weight excluding hydrogens is 422 g/mol. The summed E-state index contributed by atoms with van der Waals surface area (Å²) in [5.41, 5.74) is 7.12. The smallest absolute Gasteiger partial charge is 0.167 e. The maximum atomic E-state index is 12.9. The van der Waals surface area contributed by atoms with Crippen molar-refractivity contribution in [1.82, 2.24) is 15.0 Å². The van der Waals surface area contributed by atoms with E-state index in [0.717, 1.165) is 58.8 Å². The number of ether oxygens (including phenoxy) is 1. The molecule has 3 heterocycles. The molecule has 1 aliphatic heterocycles. The van der Waals surface area contributed by atoms with Crippen molar-refractivity contribution in [3.8, 4) is 11.3 Å². The molecular formula is C29H27N3O2. The molecule has 1 aliphatic rings. The van der Waals surface area contributed by atoms with E-state index < -0.39 is 0 Å². The van der Waals surface area contributed by atoms with Crippen molar-refractivity contribution in [2.75, 3.05) is 6.61 Å². The normalized spacial score (nSPS) is 14.7. The van der Waals surface area contributed by atoms with Crippen LogP contribution in [-0.2, 0) is 24.0 Å². The summed E-state index contributed by atoms with van der Waals surface area (Å²) in [7, 11) is 0. The Morgan fingerprint density at radius 2 is 1.85 bits per heavy atom. The number of nitrogens with zero attached hydrogens (tertiary/aromatic N) is 3. The van der Waals surface area contributed by atoms with Crippen molar-refractivity contribution in [3.63, 3.8) is 0 Å². The van der Waals surface area contributed by atoms with Crippen LogP contribution in [0.5, 0.6) is 0 Å². The summed E-state index contributed by atoms with van der Waals surface area (Å²) in [6.45, 7) is 2.97. The zero-order chi connectivity index (χ0) is 23.3. The Labute approximate surface area is 199 Å². The minimum atomic E-state index is 0.127. The molecule has 0 bridgehead atoms. The summed E-state index contributed by atoms with van der Waals surface area (Å²) in [5.74, 6) is 0.877. The third kappa shape index (κ3) is 5.61. The molecule has 2 aromatic heterocycles. The monoisotopic (exact) mass is 449 g/mol. The molecule has 1 atom stereocenters. The Kier molecular flexibility index (Phi) is 6.54. The van der Waals surface area contributed by atoms with Crippen LogP contribution < -0.4 is 0 Å². The highest BCUT2D eigenvalue weighted by molar-refractivity contribution is 5.97. The molecule has 0 spiro atoms. The lowest BCUT2D eigenvalue weighted by Gasteiger charge is -2.10. The van der Waals surface area contributed by atoms with Crippen molar-refractivity contribution in [2.45, 2.75) is 38.7 Å². The lowest BCUT2D eigenvalue weighted by Crippen LogP contribution is -2.05. The van der Waals surface area contributed by atoms with Gasteiger partial charge in [0.25, 0.3) is 0 Å². The van der Waals surface area contributed by atoms with Gasteiger partial charge in [-0.3, -0.25) is 9.78 Å². The molecule has 0 aliphatic carbocycles. The number of Topliss-reactive ketones (excluding diaryl/α,β-unsaturated/α-hetero) is 1. The SMILES string of the molecule is Cc1ccc(CC(=O)c2ccc(CCC3CO3)cc2)cc1Cc1nccc(-c2cccnc2)n1. The van der Waals surface area contributed by atoms with E-state index in [0.29, 0.717) is 18.9 Å². The number of aryl methyl sites for hydroxylation is 2. The highest BCUT2D eigenvalue weighted by atomic mass is 16.6. The highest BCUT2D eigenvalue weighted by Crippen LogP contribution is 2.20. The molecule has 5 rings (SSSR count). The molecule has 1 unspecified atom stereocenters. The maximum absolute atomic E-state index is 12.9. The predicted molar refractivity (Wildman–Crippen MR) is 132 cm³/mol. The second-order valence-corrected chi connectivity index (χ2v) is 8.83. The van der Waals surface area contributed by atoms with E-state index in [1.165, 1.54) is 5.56 Å². The van der Waals surface area contributed by atoms with Gasteiger partial charge in [0.1, 0.15) is 5.82 Å². The van der Waals surface area contributed by atoms with Crippen molar-refractivity contribution < 1.29 is 9.53 Å². The second-order valence-electron chi connectivity index (χ2n) is 8.83. The van der Waals surface area contributed by atoms with Crippen LogP contribution in [0.4, 0.5) is 0 Å². The topological polar surface area (TPSA) is 68.3 Å². The number of carbonyl (C=O) groups is 1. The molecule has 0 N–H and O–H groups in total. The molecule has 34 heavy (non-hydrogen) atoms. The number of pyridine rings is 1. The number of carbonyl (C=O) groups excluding carboxylic acids is 1. The number of aromatic nitrogens is 3. The van der Waals surface area contributed by atoms with Crippen LogP contribution in [0.2, 0.25) is 0 Å². The van der Waals surface area contributed by atoms with Gasteiger partial charge in [-0.15, -0.1) is 0 Å². The zero-order valence-corrected chi connectivity index (χ0v) is 19.3. The number of hydrogen-bond acceptors (Lipinski definition) is 5. The van der Waals surface area contributed by atoms with Gasteiger partial charge in [-0.2, -0.15) is 0 Å². The molecule has 0 saturated carbocycles. The lowest BCUT2D eigenvalue weighted by atomic mass is 9.96. The Balaban J connectivity index is 1.27. The van der Waals surface area contributed by atoms with Crippen molar-refractivity contribution >= 4 is 5.78 Å². The quantitative estimate of drug-likeness (QED) is 0.260. The third-order valence-corrected chi connectivity index (χ3v) is 6.22. The third-order valence-electron chi connectivity index (χ3n) is 6.22. The minimum absolute atomic E-state index is 0.127. The van der Waals surface area contributed by atoms with E-state index in [1.807, 2.05) is 36.4 Å². The van der Waals surface area contributed by atoms with Crippen LogP contribution in [0.15, 0.2) is 79.3 Å². The number of ketones is 1. The molecule has 1 saturated heterocycles. The molecule has 5 heteroatoms. The van der Waals surface area contributed by atoms with Gasteiger partial charge < -0.3 is 4.74 Å². The standard InChI is InChI=1S/C29H27N3O2/c1-20-4-5-22(16-28(33)23-9-6-21(7-10-23)8-11-26-19-34-26)15-25(20)17-29-31-14-12-27(32-29)24-3-2-13-30-18-24/h2-7,9-10,12-15,18,26H,8,11,16-17,19H2,1H3. The molecule has 5 nitrogen and oxygen atoms in total. The average Bonchev–Trinajstić information content (AvgIpc) is 3.70. The Hall–Kier alpha value is -3.70. The Morgan fingerprint density at radius 3 is 2.62 bits per heavy atom. The van der Waals surface area contributed by atoms with Gasteiger partial charge >= 0.3 is 0 Å². The first-order chi connectivity index (χ1) is 16.6. The molecule has 0 amide bonds. The Morgan fingerprint density at radius 1 is 1.03 bits per heavy atom. The molecule has 1 fully saturated rings. The van der Waals surface area contributed by atoms with E-state index in [1.54, 1.807) is 18.6 Å². The van der Waals surface area contributed by atoms with Crippen molar-refractivity contribution in [1.29, 1.82) is 0 Å². The van der Waals surface area contributed by atoms with Crippen LogP contribution in [0.25, 0.3) is 11.3 Å². The van der Waals surface area contributed by atoms with Crippen LogP contribution in [0.3, 0.4) is 0 Å². The summed E-state index contributed by atoms with van der Waals surface area (Å²) < 4.78 is 5.28. The number of benzene rings is 2. The van der Waals surface area contributed by atoms with Crippen LogP contribution >= 0.6 is 0 Å². The van der Waals surface area contributed by atoms with E-state index >= 15 is 0 Å². The summed E-state index contributed by atoms with van der Waals surface area (Å²) in [5, 5.41) is 0. The summed E-state index contributed by atoms with van der Waals surface area (Å²) in [4.78, 5) is 26.3. The van der Waals surface area contributed by atoms with Crippen LogP contribution in [-0.4, -0.2) is 33.4 Å². The van der Waals surface area contributed by atoms with E-state index in [2.05, 4.69) is 41.2 Å². The van der Waals surface area contributed by atoms with Gasteiger partial charge in [0.2, 0.25) is 0 Å². The van der Waals surface area contributed by atoms with E-state index in [-0.39, 0.29) is 5.78 Å². The predicted octanol–water partition coefficient (Wildman–Crippen LogP) is 5.19. The van der Waals surface area contributed by atoms with Gasteiger partial charge in [0.05, 0.1) is 18.4 Å². The van der Waals surface area contributed by atoms with Crippen molar-refractivity contribution in [2.24, 2.45) is 0 Å². The molecule has 170 valence electrons. The largest absolute Gasteiger partial charge is 0.373 e. The van der Waals surface area contributed by atoms with Crippen LogP contribution in [0, 0.1) is 6.92 Å². The summed E-state index contributed by atoms with van der Waals surface area (Å²) in [6.07, 6.45) is 8.80. The van der Waals surface area contributed by atoms with Gasteiger partial charge in [-0.05, 0) is 60.2 Å². The minimum Gasteiger partial charge on any atom is -0.373 e. The molecule has 4 aromatic rings. The number of hydrogen-bond donors (Lipinski definition) is 0. The van der Waals surface area contributed by atoms with Gasteiger partial charge in [-0.1, -0.05) is 42.5 Å². The molecule has 0 radical (unpaired) electrons. The molecule has 2 aromatic carbocycles. The fraction of sp³-hybridized carbons (Fsp3) is 0.241. The van der Waals surface area contributed by atoms with Crippen LogP contribution in [0.1, 0.15) is 44.9 Å². The average molecular weight is 450 g/mol. The van der Waals surface area contributed by atoms with Gasteiger partial charge in [0, 0.05) is 42.6 Å². The fourth-order valence-corrected chi connectivity index (χ4v) is 4.06. The summed E-state index contributed by atoms with van der Waals surface area (Å²) in [6, 6.07) is 20.0. The number of rotatable bonds is 9. The maximum Gasteiger partial charge on any atom is 0.167 e. The van der Waals surface area contributed by atoms with Gasteiger partial charge in [-0.25, -0.2) is 9.97 Å². The first-order valence-corrected chi connectivity index (χ1v) is 11.7. The van der Waals surface area contributed by atoms with E-state index in [9.17, 15) is 4.79 Å². The Bertz CT molecular complexity index is 1280. The van der Waals surface area contributed by atoms with Gasteiger partial charge in [0.15, 0.2) is 5.78 Å². The lowest BCUT2D eigenvalue weighted by molar-refractivity contribution is 0.0993. The fourth-order valence-electron chi connectivity index (χ4n) is 4.06. The first kappa shape index (κ1) is 22.1. The van der Waals surface area contributed by atoms with Crippen molar-refractivity contribution in [3.05, 3.63) is 113 Å². The van der Waals surface area contributed by atoms with E-state index in [4.69, 9.17) is 9.72 Å². The summed E-state index contributed by atoms with van der Waals surface area (Å²) >= 11 is 0. The second kappa shape index (κ2) is 10.1. The zero-order valence-electron chi connectivity index (χ0n) is 19.3. The number of epoxide rings is 1.